The molecule has 3 heterocycles. The molecule has 2 aromatic rings. The topological polar surface area (TPSA) is 93.0 Å². The Morgan fingerprint density at radius 3 is 2.88 bits per heavy atom. The second-order valence-electron chi connectivity index (χ2n) is 6.26. The number of pyridine rings is 1. The molecule has 2 amide bonds. The highest BCUT2D eigenvalue weighted by Crippen LogP contribution is 2.32. The fourth-order valence-corrected chi connectivity index (χ4v) is 2.96. The maximum absolute atomic E-state index is 12.3. The summed E-state index contributed by atoms with van der Waals surface area (Å²) in [6.45, 7) is 0.955. The van der Waals surface area contributed by atoms with Crippen LogP contribution in [0.15, 0.2) is 31.0 Å². The molecule has 1 aliphatic carbocycles. The third kappa shape index (κ3) is 2.99. The lowest BCUT2D eigenvalue weighted by atomic mass is 10.1. The van der Waals surface area contributed by atoms with E-state index in [0.717, 1.165) is 18.4 Å². The van der Waals surface area contributed by atoms with Crippen molar-refractivity contribution in [2.75, 3.05) is 6.54 Å². The standard InChI is InChI=1S/C16H18N6O2/c23-15-5-12(8-21(15)13-2-3-13)16(24)19-7-11-1-4-14(18-6-11)22-10-17-9-20-22/h1,4,6,9-10,12-13H,2-3,5,7-8H2,(H,19,24)/t12-/m1/s1. The first-order chi connectivity index (χ1) is 11.7. The highest BCUT2D eigenvalue weighted by atomic mass is 16.2. The van der Waals surface area contributed by atoms with Gasteiger partial charge in [-0.3, -0.25) is 9.59 Å². The summed E-state index contributed by atoms with van der Waals surface area (Å²) < 4.78 is 1.57. The van der Waals surface area contributed by atoms with Crippen molar-refractivity contribution in [2.45, 2.75) is 31.8 Å². The largest absolute Gasteiger partial charge is 0.352 e. The van der Waals surface area contributed by atoms with Gasteiger partial charge in [-0.05, 0) is 24.5 Å². The highest BCUT2D eigenvalue weighted by Gasteiger charge is 2.41. The maximum Gasteiger partial charge on any atom is 0.225 e. The SMILES string of the molecule is O=C(NCc1ccc(-n2cncn2)nc1)[C@@H]1CC(=O)N(C2CC2)C1. The van der Waals surface area contributed by atoms with E-state index in [1.54, 1.807) is 17.2 Å². The quantitative estimate of drug-likeness (QED) is 0.852. The summed E-state index contributed by atoms with van der Waals surface area (Å²) in [5.41, 5.74) is 0.899. The Balaban J connectivity index is 1.31. The molecule has 0 spiro atoms. The lowest BCUT2D eigenvalue weighted by molar-refractivity contribution is -0.129. The molecule has 2 fully saturated rings. The van der Waals surface area contributed by atoms with Gasteiger partial charge in [0.1, 0.15) is 12.7 Å². The van der Waals surface area contributed by atoms with Gasteiger partial charge in [-0.2, -0.15) is 5.10 Å². The molecule has 24 heavy (non-hydrogen) atoms. The van der Waals surface area contributed by atoms with Gasteiger partial charge in [0.05, 0.1) is 5.92 Å². The molecule has 1 saturated carbocycles. The second kappa shape index (κ2) is 6.03. The molecular formula is C16H18N6O2. The molecule has 0 bridgehead atoms. The zero-order chi connectivity index (χ0) is 16.5. The summed E-state index contributed by atoms with van der Waals surface area (Å²) in [6.07, 6.45) is 7.20. The van der Waals surface area contributed by atoms with E-state index >= 15 is 0 Å². The number of carbonyl (C=O) groups is 2. The van der Waals surface area contributed by atoms with Crippen molar-refractivity contribution in [3.8, 4) is 5.82 Å². The van der Waals surface area contributed by atoms with Crippen LogP contribution in [-0.4, -0.2) is 49.0 Å². The summed E-state index contributed by atoms with van der Waals surface area (Å²) in [4.78, 5) is 34.2. The second-order valence-corrected chi connectivity index (χ2v) is 6.26. The van der Waals surface area contributed by atoms with Gasteiger partial charge in [-0.25, -0.2) is 14.6 Å². The van der Waals surface area contributed by atoms with Crippen LogP contribution in [0.4, 0.5) is 0 Å². The van der Waals surface area contributed by atoms with Crippen molar-refractivity contribution in [2.24, 2.45) is 5.92 Å². The predicted molar refractivity (Wildman–Crippen MR) is 83.8 cm³/mol. The molecule has 1 N–H and O–H groups in total. The minimum absolute atomic E-state index is 0.0631. The fourth-order valence-electron chi connectivity index (χ4n) is 2.96. The smallest absolute Gasteiger partial charge is 0.225 e. The Morgan fingerprint density at radius 2 is 2.21 bits per heavy atom. The third-order valence-corrected chi connectivity index (χ3v) is 4.45. The van der Waals surface area contributed by atoms with Crippen LogP contribution in [0.3, 0.4) is 0 Å². The molecule has 2 aromatic heterocycles. The third-order valence-electron chi connectivity index (χ3n) is 4.45. The first-order valence-corrected chi connectivity index (χ1v) is 8.08. The van der Waals surface area contributed by atoms with E-state index in [2.05, 4.69) is 20.4 Å². The number of likely N-dealkylation sites (tertiary alicyclic amines) is 1. The maximum atomic E-state index is 12.3. The monoisotopic (exact) mass is 326 g/mol. The van der Waals surface area contributed by atoms with Gasteiger partial charge in [0.15, 0.2) is 5.82 Å². The Kier molecular flexibility index (Phi) is 3.72. The van der Waals surface area contributed by atoms with Crippen LogP contribution in [0, 0.1) is 5.92 Å². The molecule has 4 rings (SSSR count). The zero-order valence-electron chi connectivity index (χ0n) is 13.1. The average molecular weight is 326 g/mol. The lowest BCUT2D eigenvalue weighted by Gasteiger charge is -2.15. The number of amides is 2. The number of nitrogens with zero attached hydrogens (tertiary/aromatic N) is 5. The zero-order valence-corrected chi connectivity index (χ0v) is 13.1. The van der Waals surface area contributed by atoms with Gasteiger partial charge in [-0.1, -0.05) is 6.07 Å². The van der Waals surface area contributed by atoms with Crippen LogP contribution in [0.1, 0.15) is 24.8 Å². The molecule has 8 nitrogen and oxygen atoms in total. The molecule has 1 atom stereocenters. The molecule has 0 aromatic carbocycles. The van der Waals surface area contributed by atoms with E-state index < -0.39 is 0 Å². The molecule has 0 unspecified atom stereocenters. The minimum Gasteiger partial charge on any atom is -0.352 e. The van der Waals surface area contributed by atoms with Gasteiger partial charge < -0.3 is 10.2 Å². The van der Waals surface area contributed by atoms with Crippen LogP contribution < -0.4 is 5.32 Å². The molecule has 1 saturated heterocycles. The number of carbonyl (C=O) groups excluding carboxylic acids is 2. The van der Waals surface area contributed by atoms with Gasteiger partial charge in [-0.15, -0.1) is 0 Å². The fraction of sp³-hybridized carbons (Fsp3) is 0.438. The van der Waals surface area contributed by atoms with E-state index in [0.29, 0.717) is 31.4 Å². The molecule has 8 heteroatoms. The van der Waals surface area contributed by atoms with Crippen molar-refractivity contribution in [1.82, 2.24) is 30.0 Å². The minimum atomic E-state index is -0.236. The molecule has 2 aliphatic rings. The summed E-state index contributed by atoms with van der Waals surface area (Å²) in [5.74, 6) is 0.480. The molecule has 0 radical (unpaired) electrons. The van der Waals surface area contributed by atoms with E-state index in [-0.39, 0.29) is 17.7 Å². The highest BCUT2D eigenvalue weighted by molar-refractivity contribution is 5.89. The van der Waals surface area contributed by atoms with Gasteiger partial charge in [0, 0.05) is 31.7 Å². The van der Waals surface area contributed by atoms with Crippen molar-refractivity contribution < 1.29 is 9.59 Å². The van der Waals surface area contributed by atoms with Crippen LogP contribution in [0.25, 0.3) is 5.82 Å². The summed E-state index contributed by atoms with van der Waals surface area (Å²) >= 11 is 0. The van der Waals surface area contributed by atoms with E-state index in [9.17, 15) is 9.59 Å². The van der Waals surface area contributed by atoms with Gasteiger partial charge in [0.2, 0.25) is 11.8 Å². The van der Waals surface area contributed by atoms with Crippen molar-refractivity contribution >= 4 is 11.8 Å². The Bertz CT molecular complexity index is 738. The molecule has 1 aliphatic heterocycles. The predicted octanol–water partition coefficient (Wildman–Crippen LogP) is 0.289. The van der Waals surface area contributed by atoms with E-state index in [4.69, 9.17) is 0 Å². The average Bonchev–Trinajstić information content (AvgIpc) is 3.14. The summed E-state index contributed by atoms with van der Waals surface area (Å²) in [7, 11) is 0. The molecule has 124 valence electrons. The Morgan fingerprint density at radius 1 is 1.33 bits per heavy atom. The first-order valence-electron chi connectivity index (χ1n) is 8.08. The number of rotatable bonds is 5. The first kappa shape index (κ1) is 14.8. The lowest BCUT2D eigenvalue weighted by Crippen LogP contribution is -2.33. The van der Waals surface area contributed by atoms with E-state index in [1.165, 1.54) is 6.33 Å². The summed E-state index contributed by atoms with van der Waals surface area (Å²) in [5, 5.41) is 6.92. The Hall–Kier alpha value is -2.77. The van der Waals surface area contributed by atoms with Crippen molar-refractivity contribution in [3.05, 3.63) is 36.5 Å². The Labute approximate surface area is 138 Å². The van der Waals surface area contributed by atoms with Crippen molar-refractivity contribution in [1.29, 1.82) is 0 Å². The van der Waals surface area contributed by atoms with Gasteiger partial charge >= 0.3 is 0 Å². The number of hydrogen-bond acceptors (Lipinski definition) is 5. The molecular weight excluding hydrogens is 308 g/mol. The number of aromatic nitrogens is 4. The normalized spacial score (nSPS) is 20.4. The number of hydrogen-bond donors (Lipinski definition) is 1. The van der Waals surface area contributed by atoms with Crippen LogP contribution in [0.5, 0.6) is 0 Å². The summed E-state index contributed by atoms with van der Waals surface area (Å²) in [6, 6.07) is 4.09. The number of nitrogens with one attached hydrogen (secondary N) is 1. The van der Waals surface area contributed by atoms with Crippen LogP contribution in [0.2, 0.25) is 0 Å². The van der Waals surface area contributed by atoms with Gasteiger partial charge in [0.25, 0.3) is 0 Å². The van der Waals surface area contributed by atoms with Crippen LogP contribution in [-0.2, 0) is 16.1 Å². The van der Waals surface area contributed by atoms with Crippen LogP contribution >= 0.6 is 0 Å². The van der Waals surface area contributed by atoms with E-state index in [1.807, 2.05) is 17.0 Å². The van der Waals surface area contributed by atoms with Crippen molar-refractivity contribution in [3.63, 3.8) is 0 Å².